The first-order chi connectivity index (χ1) is 28.5. The predicted molar refractivity (Wildman–Crippen MR) is 245 cm³/mol. The lowest BCUT2D eigenvalue weighted by Crippen LogP contribution is -2.37. The van der Waals surface area contributed by atoms with E-state index in [0.29, 0.717) is 23.9 Å². The van der Waals surface area contributed by atoms with Gasteiger partial charge in [0.2, 0.25) is 0 Å². The van der Waals surface area contributed by atoms with Crippen LogP contribution in [0, 0.1) is 0 Å². The Labute approximate surface area is 363 Å². The van der Waals surface area contributed by atoms with Crippen LogP contribution in [0.2, 0.25) is 0 Å². The van der Waals surface area contributed by atoms with Gasteiger partial charge in [-0.05, 0) is 51.4 Å². The summed E-state index contributed by atoms with van der Waals surface area (Å²) in [5, 5.41) is 0. The van der Waals surface area contributed by atoms with Crippen molar-refractivity contribution in [2.24, 2.45) is 0 Å². The summed E-state index contributed by atoms with van der Waals surface area (Å²) in [6, 6.07) is 0. The van der Waals surface area contributed by atoms with Crippen molar-refractivity contribution in [3.05, 3.63) is 48.6 Å². The Balaban J connectivity index is 4.38. The molecule has 0 saturated heterocycles. The van der Waals surface area contributed by atoms with E-state index in [2.05, 4.69) is 62.5 Å². The molecule has 0 aromatic carbocycles. The molecule has 0 radical (unpaired) electrons. The summed E-state index contributed by atoms with van der Waals surface area (Å²) in [6.45, 7) is 4.15. The smallest absolute Gasteiger partial charge is 0.306 e. The summed E-state index contributed by atoms with van der Waals surface area (Å²) < 4.78 is 33.9. The molecule has 0 N–H and O–H groups in total. The Hall–Kier alpha value is -2.03. The molecule has 10 heteroatoms. The summed E-state index contributed by atoms with van der Waals surface area (Å²) in [7, 11) is 1.14. The van der Waals surface area contributed by atoms with Gasteiger partial charge < -0.3 is 27.9 Å². The Morgan fingerprint density at radius 3 is 1.41 bits per heavy atom. The quantitative estimate of drug-likeness (QED) is 0.0196. The number of esters is 2. The van der Waals surface area contributed by atoms with E-state index in [1.165, 1.54) is 116 Å². The van der Waals surface area contributed by atoms with Crippen LogP contribution in [0.1, 0.15) is 200 Å². The van der Waals surface area contributed by atoms with Crippen LogP contribution in [0.3, 0.4) is 0 Å². The summed E-state index contributed by atoms with van der Waals surface area (Å²) in [5.41, 5.74) is 0. The van der Waals surface area contributed by atoms with Crippen molar-refractivity contribution in [3.8, 4) is 0 Å². The molecule has 0 aromatic rings. The fourth-order valence-electron chi connectivity index (χ4n) is 6.35. The molecule has 0 aliphatic rings. The number of unbranched alkanes of at least 4 members (excludes halogenated alkanes) is 21. The van der Waals surface area contributed by atoms with E-state index in [0.717, 1.165) is 44.9 Å². The molecule has 9 nitrogen and oxygen atoms in total. The van der Waals surface area contributed by atoms with Crippen LogP contribution in [0.15, 0.2) is 48.6 Å². The first-order valence-corrected chi connectivity index (χ1v) is 25.3. The van der Waals surface area contributed by atoms with Gasteiger partial charge in [-0.25, -0.2) is 0 Å². The van der Waals surface area contributed by atoms with Gasteiger partial charge >= 0.3 is 11.9 Å². The average molecular weight is 852 g/mol. The summed E-state index contributed by atoms with van der Waals surface area (Å²) in [5.74, 6) is -0.895. The number of rotatable bonds is 43. The third-order valence-electron chi connectivity index (χ3n) is 10.1. The van der Waals surface area contributed by atoms with Crippen LogP contribution in [-0.4, -0.2) is 70.0 Å². The lowest BCUT2D eigenvalue weighted by atomic mass is 10.0. The largest absolute Gasteiger partial charge is 0.756 e. The molecule has 0 aromatic heterocycles. The minimum absolute atomic E-state index is 0.0392. The van der Waals surface area contributed by atoms with Gasteiger partial charge in [0.1, 0.15) is 19.8 Å². The molecule has 0 rings (SSSR count). The van der Waals surface area contributed by atoms with Gasteiger partial charge in [-0.15, -0.1) is 0 Å². The lowest BCUT2D eigenvalue weighted by molar-refractivity contribution is -0.870. The van der Waals surface area contributed by atoms with E-state index in [1.807, 2.05) is 21.1 Å². The lowest BCUT2D eigenvalue weighted by Gasteiger charge is -2.28. The summed E-state index contributed by atoms with van der Waals surface area (Å²) in [6.07, 6.45) is 48.6. The standard InChI is InChI=1S/C49H90NO8P/c1-6-8-10-12-14-16-18-20-22-24-26-28-30-32-34-36-38-40-42-49(52)58-47(46-57-59(53,54)56-44-43-50(3,4)5)45-55-48(51)41-39-37-35-33-31-29-27-25-23-21-19-17-15-13-11-9-7-2/h15,17,21,23,27,29,33,35,47H,6-14,16,18-20,22,24-26,28,30-32,34,36-46H2,1-5H3/b17-15-,23-21-,29-27-,35-33-/t47-/m1/s1. The topological polar surface area (TPSA) is 111 Å². The van der Waals surface area contributed by atoms with Crippen LogP contribution in [0.5, 0.6) is 0 Å². The molecule has 0 saturated carbocycles. The Morgan fingerprint density at radius 1 is 0.525 bits per heavy atom. The van der Waals surface area contributed by atoms with Crippen LogP contribution < -0.4 is 4.89 Å². The number of carbonyl (C=O) groups is 2. The van der Waals surface area contributed by atoms with Crippen LogP contribution in [-0.2, 0) is 32.7 Å². The van der Waals surface area contributed by atoms with E-state index < -0.39 is 32.5 Å². The zero-order valence-corrected chi connectivity index (χ0v) is 39.6. The third-order valence-corrected chi connectivity index (χ3v) is 11.1. The maximum Gasteiger partial charge on any atom is 0.306 e. The number of hydrogen-bond donors (Lipinski definition) is 0. The number of likely N-dealkylation sites (N-methyl/N-ethyl adjacent to an activating group) is 1. The van der Waals surface area contributed by atoms with Gasteiger partial charge in [0.05, 0.1) is 27.7 Å². The van der Waals surface area contributed by atoms with Crippen LogP contribution in [0.25, 0.3) is 0 Å². The van der Waals surface area contributed by atoms with E-state index in [4.69, 9.17) is 18.5 Å². The summed E-state index contributed by atoms with van der Waals surface area (Å²) in [4.78, 5) is 37.6. The fourth-order valence-corrected chi connectivity index (χ4v) is 7.08. The number of allylic oxidation sites excluding steroid dienone is 8. The van der Waals surface area contributed by atoms with Gasteiger partial charge in [-0.2, -0.15) is 0 Å². The Bertz CT molecular complexity index is 1150. The van der Waals surface area contributed by atoms with Gasteiger partial charge in [0.25, 0.3) is 7.82 Å². The molecule has 0 bridgehead atoms. The van der Waals surface area contributed by atoms with Crippen molar-refractivity contribution < 1.29 is 42.1 Å². The molecule has 344 valence electrons. The molecule has 0 heterocycles. The van der Waals surface area contributed by atoms with Crippen molar-refractivity contribution in [1.82, 2.24) is 0 Å². The zero-order chi connectivity index (χ0) is 43.6. The van der Waals surface area contributed by atoms with Crippen LogP contribution in [0.4, 0.5) is 0 Å². The monoisotopic (exact) mass is 852 g/mol. The highest BCUT2D eigenvalue weighted by Gasteiger charge is 2.21. The van der Waals surface area contributed by atoms with Crippen LogP contribution >= 0.6 is 7.82 Å². The van der Waals surface area contributed by atoms with E-state index in [-0.39, 0.29) is 26.1 Å². The number of quaternary nitrogens is 1. The molecule has 59 heavy (non-hydrogen) atoms. The van der Waals surface area contributed by atoms with Gasteiger partial charge in [0, 0.05) is 12.8 Å². The van der Waals surface area contributed by atoms with Gasteiger partial charge in [-0.3, -0.25) is 14.2 Å². The first kappa shape index (κ1) is 57.0. The van der Waals surface area contributed by atoms with Crippen molar-refractivity contribution >= 4 is 19.8 Å². The third kappa shape index (κ3) is 45.3. The molecule has 0 aliphatic heterocycles. The molecule has 1 unspecified atom stereocenters. The fraction of sp³-hybridized carbons (Fsp3) is 0.796. The Morgan fingerprint density at radius 2 is 0.932 bits per heavy atom. The van der Waals surface area contributed by atoms with Gasteiger partial charge in [-0.1, -0.05) is 184 Å². The summed E-state index contributed by atoms with van der Waals surface area (Å²) >= 11 is 0. The molecule has 2 atom stereocenters. The van der Waals surface area contributed by atoms with E-state index >= 15 is 0 Å². The highest BCUT2D eigenvalue weighted by molar-refractivity contribution is 7.45. The number of hydrogen-bond acceptors (Lipinski definition) is 8. The molecule has 0 aliphatic carbocycles. The van der Waals surface area contributed by atoms with Gasteiger partial charge in [0.15, 0.2) is 6.10 Å². The second-order valence-electron chi connectivity index (χ2n) is 17.1. The highest BCUT2D eigenvalue weighted by Crippen LogP contribution is 2.38. The zero-order valence-electron chi connectivity index (χ0n) is 38.7. The molecular weight excluding hydrogens is 762 g/mol. The van der Waals surface area contributed by atoms with Crippen molar-refractivity contribution in [3.63, 3.8) is 0 Å². The Kier molecular flexibility index (Phi) is 39.9. The SMILES string of the molecule is CCCCC/C=C\C/C=C\C/C=C\C/C=C\CCCC(=O)OC[C@H](COP(=O)([O-])OCC[N+](C)(C)C)OC(=O)CCCCCCCCCCCCCCCCCCCC. The maximum atomic E-state index is 12.7. The molecule has 0 fully saturated rings. The normalized spacial score (nSPS) is 13.9. The molecular formula is C49H90NO8P. The average Bonchev–Trinajstić information content (AvgIpc) is 3.19. The van der Waals surface area contributed by atoms with Crippen molar-refractivity contribution in [1.29, 1.82) is 0 Å². The minimum atomic E-state index is -4.64. The van der Waals surface area contributed by atoms with E-state index in [1.54, 1.807) is 0 Å². The minimum Gasteiger partial charge on any atom is -0.756 e. The number of ether oxygens (including phenoxy) is 2. The number of carbonyl (C=O) groups excluding carboxylic acids is 2. The highest BCUT2D eigenvalue weighted by atomic mass is 31.2. The maximum absolute atomic E-state index is 12.7. The number of nitrogens with zero attached hydrogens (tertiary/aromatic N) is 1. The van der Waals surface area contributed by atoms with Crippen molar-refractivity contribution in [2.75, 3.05) is 47.5 Å². The second-order valence-corrected chi connectivity index (χ2v) is 18.5. The predicted octanol–water partition coefficient (Wildman–Crippen LogP) is 13.2. The number of phosphoric ester groups is 1. The second kappa shape index (κ2) is 41.3. The number of phosphoric acid groups is 1. The molecule has 0 amide bonds. The first-order valence-electron chi connectivity index (χ1n) is 23.8. The van der Waals surface area contributed by atoms with Crippen molar-refractivity contribution in [2.45, 2.75) is 206 Å². The molecule has 0 spiro atoms. The van der Waals surface area contributed by atoms with E-state index in [9.17, 15) is 19.0 Å².